The summed E-state index contributed by atoms with van der Waals surface area (Å²) in [5.74, 6) is -0.197. The lowest BCUT2D eigenvalue weighted by molar-refractivity contribution is 0.610. The van der Waals surface area contributed by atoms with Crippen LogP contribution >= 0.6 is 11.6 Å². The number of rotatable bonds is 4. The molecule has 1 rings (SSSR count). The number of pyridine rings is 1. The van der Waals surface area contributed by atoms with Crippen LogP contribution in [0.5, 0.6) is 0 Å². The van der Waals surface area contributed by atoms with Crippen LogP contribution in [0.15, 0.2) is 12.3 Å². The van der Waals surface area contributed by atoms with Gasteiger partial charge in [0, 0.05) is 18.8 Å². The van der Waals surface area contributed by atoms with Crippen molar-refractivity contribution in [2.75, 3.05) is 18.9 Å². The summed E-state index contributed by atoms with van der Waals surface area (Å²) in [7, 11) is 1.85. The number of nitrogens with zero attached hydrogens (tertiary/aromatic N) is 1. The van der Waals surface area contributed by atoms with Crippen molar-refractivity contribution in [1.82, 2.24) is 10.3 Å². The van der Waals surface area contributed by atoms with Crippen LogP contribution in [0, 0.1) is 5.82 Å². The lowest BCUT2D eigenvalue weighted by Crippen LogP contribution is -2.29. The molecule has 1 aromatic rings. The van der Waals surface area contributed by atoms with Crippen LogP contribution in [0.4, 0.5) is 10.2 Å². The predicted octanol–water partition coefficient (Wildman–Crippen LogP) is 1.89. The molecule has 2 N–H and O–H groups in total. The summed E-state index contributed by atoms with van der Waals surface area (Å²) in [6, 6.07) is 1.49. The topological polar surface area (TPSA) is 37.0 Å². The molecule has 5 heteroatoms. The average Bonchev–Trinajstić information content (AvgIpc) is 2.16. The van der Waals surface area contributed by atoms with Crippen molar-refractivity contribution < 1.29 is 4.39 Å². The third-order valence-corrected chi connectivity index (χ3v) is 2.08. The molecular formula is C9H13ClFN3. The number of likely N-dealkylation sites (N-methyl/N-ethyl adjacent to an activating group) is 1. The summed E-state index contributed by atoms with van der Waals surface area (Å²) in [4.78, 5) is 3.84. The lowest BCUT2D eigenvalue weighted by Gasteiger charge is -2.12. The van der Waals surface area contributed by atoms with E-state index in [4.69, 9.17) is 11.6 Å². The molecule has 3 nitrogen and oxygen atoms in total. The Kier molecular flexibility index (Phi) is 4.10. The molecule has 0 spiro atoms. The molecule has 78 valence electrons. The standard InChI is InChI=1S/C9H13ClFN3/c1-6(12-2)4-13-9-8(11)3-7(10)5-14-9/h3,5-6,12H,4H2,1-2H3,(H,13,14). The molecule has 0 aliphatic heterocycles. The molecule has 0 aliphatic carbocycles. The molecule has 0 radical (unpaired) electrons. The highest BCUT2D eigenvalue weighted by Crippen LogP contribution is 2.15. The molecule has 0 fully saturated rings. The zero-order valence-electron chi connectivity index (χ0n) is 8.14. The first kappa shape index (κ1) is 11.2. The highest BCUT2D eigenvalue weighted by molar-refractivity contribution is 6.30. The van der Waals surface area contributed by atoms with Gasteiger partial charge in [-0.25, -0.2) is 9.37 Å². The van der Waals surface area contributed by atoms with E-state index in [1.54, 1.807) is 0 Å². The first-order chi connectivity index (χ1) is 6.63. The third kappa shape index (κ3) is 3.12. The number of hydrogen-bond acceptors (Lipinski definition) is 3. The van der Waals surface area contributed by atoms with Gasteiger partial charge in [0.1, 0.15) is 0 Å². The minimum Gasteiger partial charge on any atom is -0.366 e. The van der Waals surface area contributed by atoms with E-state index in [0.29, 0.717) is 11.6 Å². The fourth-order valence-electron chi connectivity index (χ4n) is 0.896. The second-order valence-corrected chi connectivity index (χ2v) is 3.49. The molecule has 1 aromatic heterocycles. The monoisotopic (exact) mass is 217 g/mol. The van der Waals surface area contributed by atoms with Crippen molar-refractivity contribution in [3.63, 3.8) is 0 Å². The van der Waals surface area contributed by atoms with Gasteiger partial charge in [0.25, 0.3) is 0 Å². The van der Waals surface area contributed by atoms with Crippen molar-refractivity contribution in [3.8, 4) is 0 Å². The maximum absolute atomic E-state index is 13.2. The van der Waals surface area contributed by atoms with E-state index in [9.17, 15) is 4.39 Å². The van der Waals surface area contributed by atoms with Crippen molar-refractivity contribution in [2.45, 2.75) is 13.0 Å². The Morgan fingerprint density at radius 3 is 2.93 bits per heavy atom. The molecule has 1 unspecified atom stereocenters. The molecule has 14 heavy (non-hydrogen) atoms. The zero-order valence-corrected chi connectivity index (χ0v) is 8.90. The van der Waals surface area contributed by atoms with Gasteiger partial charge in [-0.3, -0.25) is 0 Å². The maximum atomic E-state index is 13.2. The number of anilines is 1. The van der Waals surface area contributed by atoms with Crippen LogP contribution in [0.3, 0.4) is 0 Å². The molecule has 1 atom stereocenters. The lowest BCUT2D eigenvalue weighted by atomic mass is 10.3. The summed E-state index contributed by atoms with van der Waals surface area (Å²) >= 11 is 5.56. The fourth-order valence-corrected chi connectivity index (χ4v) is 1.04. The van der Waals surface area contributed by atoms with Gasteiger partial charge in [-0.2, -0.15) is 0 Å². The second kappa shape index (κ2) is 5.12. The fraction of sp³-hybridized carbons (Fsp3) is 0.444. The van der Waals surface area contributed by atoms with Gasteiger partial charge in [0.15, 0.2) is 11.6 Å². The smallest absolute Gasteiger partial charge is 0.166 e. The van der Waals surface area contributed by atoms with E-state index in [1.807, 2.05) is 14.0 Å². The first-order valence-electron chi connectivity index (χ1n) is 4.35. The van der Waals surface area contributed by atoms with Gasteiger partial charge in [-0.05, 0) is 20.0 Å². The number of nitrogens with one attached hydrogen (secondary N) is 2. The van der Waals surface area contributed by atoms with E-state index >= 15 is 0 Å². The van der Waals surface area contributed by atoms with Crippen molar-refractivity contribution in [3.05, 3.63) is 23.1 Å². The van der Waals surface area contributed by atoms with E-state index in [2.05, 4.69) is 15.6 Å². The second-order valence-electron chi connectivity index (χ2n) is 3.05. The summed E-state index contributed by atoms with van der Waals surface area (Å²) < 4.78 is 13.2. The van der Waals surface area contributed by atoms with Crippen molar-refractivity contribution in [1.29, 1.82) is 0 Å². The van der Waals surface area contributed by atoms with Crippen LogP contribution in [0.2, 0.25) is 5.02 Å². The molecule has 0 saturated carbocycles. The molecule has 0 bridgehead atoms. The van der Waals surface area contributed by atoms with Crippen LogP contribution in [-0.2, 0) is 0 Å². The van der Waals surface area contributed by atoms with Crippen LogP contribution in [0.1, 0.15) is 6.92 Å². The maximum Gasteiger partial charge on any atom is 0.166 e. The predicted molar refractivity (Wildman–Crippen MR) is 56.2 cm³/mol. The van der Waals surface area contributed by atoms with E-state index in [1.165, 1.54) is 12.3 Å². The Bertz CT molecular complexity index is 306. The molecule has 0 saturated heterocycles. The summed E-state index contributed by atoms with van der Waals surface area (Å²) in [6.07, 6.45) is 1.41. The van der Waals surface area contributed by atoms with Gasteiger partial charge >= 0.3 is 0 Å². The summed E-state index contributed by atoms with van der Waals surface area (Å²) in [5.41, 5.74) is 0. The van der Waals surface area contributed by atoms with Crippen LogP contribution in [-0.4, -0.2) is 24.6 Å². The largest absolute Gasteiger partial charge is 0.366 e. The minimum atomic E-state index is -0.430. The molecule has 0 aromatic carbocycles. The summed E-state index contributed by atoms with van der Waals surface area (Å²) in [6.45, 7) is 2.60. The van der Waals surface area contributed by atoms with Gasteiger partial charge in [-0.15, -0.1) is 0 Å². The van der Waals surface area contributed by atoms with Crippen LogP contribution in [0.25, 0.3) is 0 Å². The van der Waals surface area contributed by atoms with Crippen LogP contribution < -0.4 is 10.6 Å². The minimum absolute atomic E-state index is 0.233. The Labute approximate surface area is 87.7 Å². The number of hydrogen-bond donors (Lipinski definition) is 2. The Hall–Kier alpha value is -0.870. The number of halogens is 2. The molecular weight excluding hydrogens is 205 g/mol. The van der Waals surface area contributed by atoms with Gasteiger partial charge in [-0.1, -0.05) is 11.6 Å². The van der Waals surface area contributed by atoms with Gasteiger partial charge in [0.05, 0.1) is 5.02 Å². The highest BCUT2D eigenvalue weighted by Gasteiger charge is 2.05. The first-order valence-corrected chi connectivity index (χ1v) is 4.73. The van der Waals surface area contributed by atoms with E-state index < -0.39 is 5.82 Å². The quantitative estimate of drug-likeness (QED) is 0.809. The normalized spacial score (nSPS) is 12.6. The summed E-state index contributed by atoms with van der Waals surface area (Å²) in [5, 5.41) is 6.21. The number of aromatic nitrogens is 1. The Balaban J connectivity index is 2.59. The van der Waals surface area contributed by atoms with E-state index in [-0.39, 0.29) is 11.9 Å². The Morgan fingerprint density at radius 2 is 2.36 bits per heavy atom. The third-order valence-electron chi connectivity index (χ3n) is 1.88. The zero-order chi connectivity index (χ0) is 10.6. The van der Waals surface area contributed by atoms with Gasteiger partial charge < -0.3 is 10.6 Å². The van der Waals surface area contributed by atoms with Gasteiger partial charge in [0.2, 0.25) is 0 Å². The molecule has 0 aliphatic rings. The van der Waals surface area contributed by atoms with Crippen molar-refractivity contribution >= 4 is 17.4 Å². The highest BCUT2D eigenvalue weighted by atomic mass is 35.5. The molecule has 1 heterocycles. The van der Waals surface area contributed by atoms with E-state index in [0.717, 1.165) is 0 Å². The Morgan fingerprint density at radius 1 is 1.64 bits per heavy atom. The van der Waals surface area contributed by atoms with Crippen molar-refractivity contribution in [2.24, 2.45) is 0 Å². The average molecular weight is 218 g/mol. The SMILES string of the molecule is CNC(C)CNc1ncc(Cl)cc1F. The molecule has 0 amide bonds.